The van der Waals surface area contributed by atoms with Gasteiger partial charge in [0, 0.05) is 12.1 Å². The Bertz CT molecular complexity index is 576. The van der Waals surface area contributed by atoms with Crippen LogP contribution in [0.25, 0.3) is 11.5 Å². The molecule has 0 aliphatic carbocycles. The van der Waals surface area contributed by atoms with E-state index < -0.39 is 0 Å². The number of nitrogens with zero attached hydrogens (tertiary/aromatic N) is 3. The molecule has 2 aromatic rings. The largest absolute Gasteiger partial charge is 0.317 e. The van der Waals surface area contributed by atoms with Crippen molar-refractivity contribution >= 4 is 11.9 Å². The van der Waals surface area contributed by atoms with Crippen molar-refractivity contribution in [3.63, 3.8) is 0 Å². The summed E-state index contributed by atoms with van der Waals surface area (Å²) in [5.74, 6) is 0.867. The summed E-state index contributed by atoms with van der Waals surface area (Å²) in [4.78, 5) is 20.5. The fourth-order valence-electron chi connectivity index (χ4n) is 2.23. The van der Waals surface area contributed by atoms with Gasteiger partial charge in [-0.05, 0) is 38.1 Å². The molecule has 3 rings (SSSR count). The van der Waals surface area contributed by atoms with E-state index >= 15 is 0 Å². The molecule has 20 heavy (non-hydrogen) atoms. The summed E-state index contributed by atoms with van der Waals surface area (Å²) in [6.45, 7) is 1.76. The van der Waals surface area contributed by atoms with Crippen LogP contribution in [0.3, 0.4) is 0 Å². The number of hydrogen-bond acceptors (Lipinski definition) is 5. The van der Waals surface area contributed by atoms with Crippen molar-refractivity contribution in [2.75, 3.05) is 18.4 Å². The van der Waals surface area contributed by atoms with Crippen LogP contribution in [0, 0.1) is 5.92 Å². The van der Waals surface area contributed by atoms with Gasteiger partial charge in [-0.15, -0.1) is 5.10 Å². The number of pyridine rings is 1. The molecule has 0 aromatic carbocycles. The van der Waals surface area contributed by atoms with Gasteiger partial charge in [-0.2, -0.15) is 4.98 Å². The van der Waals surface area contributed by atoms with Gasteiger partial charge in [0.05, 0.1) is 0 Å². The Morgan fingerprint density at radius 3 is 2.90 bits per heavy atom. The predicted molar refractivity (Wildman–Crippen MR) is 73.8 cm³/mol. The monoisotopic (exact) mass is 272 g/mol. The quantitative estimate of drug-likeness (QED) is 0.768. The first kappa shape index (κ1) is 12.7. The van der Waals surface area contributed by atoms with Gasteiger partial charge in [0.15, 0.2) is 5.82 Å². The second-order valence-corrected chi connectivity index (χ2v) is 4.74. The molecule has 1 saturated heterocycles. The number of aromatic nitrogens is 4. The van der Waals surface area contributed by atoms with Crippen molar-refractivity contribution in [3.8, 4) is 11.5 Å². The van der Waals surface area contributed by atoms with E-state index in [2.05, 4.69) is 30.8 Å². The van der Waals surface area contributed by atoms with E-state index in [9.17, 15) is 4.79 Å². The Morgan fingerprint density at radius 2 is 2.15 bits per heavy atom. The standard InChI is InChI=1S/C13H16N6O/c20-12(9-4-7-14-8-5-9)17-13-16-11(18-19-13)10-3-1-2-6-15-10/h1-3,6,9,14H,4-5,7-8H2,(H2,16,17,18,19,20). The number of anilines is 1. The van der Waals surface area contributed by atoms with Gasteiger partial charge in [-0.1, -0.05) is 6.07 Å². The maximum atomic E-state index is 12.1. The van der Waals surface area contributed by atoms with E-state index in [1.54, 1.807) is 6.20 Å². The van der Waals surface area contributed by atoms with Crippen molar-refractivity contribution in [2.24, 2.45) is 5.92 Å². The highest BCUT2D eigenvalue weighted by Crippen LogP contribution is 2.15. The smallest absolute Gasteiger partial charge is 0.249 e. The lowest BCUT2D eigenvalue weighted by atomic mass is 9.97. The number of H-pyrrole nitrogens is 1. The van der Waals surface area contributed by atoms with Gasteiger partial charge in [0.1, 0.15) is 5.69 Å². The highest BCUT2D eigenvalue weighted by molar-refractivity contribution is 5.91. The minimum Gasteiger partial charge on any atom is -0.317 e. The Labute approximate surface area is 116 Å². The van der Waals surface area contributed by atoms with Gasteiger partial charge in [-0.3, -0.25) is 20.2 Å². The molecule has 0 atom stereocenters. The zero-order chi connectivity index (χ0) is 13.8. The molecule has 3 N–H and O–H groups in total. The molecule has 2 aromatic heterocycles. The molecule has 104 valence electrons. The molecule has 0 saturated carbocycles. The van der Waals surface area contributed by atoms with Crippen molar-refractivity contribution in [1.29, 1.82) is 0 Å². The van der Waals surface area contributed by atoms with Crippen LogP contribution >= 0.6 is 0 Å². The first-order chi connectivity index (χ1) is 9.83. The minimum absolute atomic E-state index is 0.0157. The van der Waals surface area contributed by atoms with Crippen LogP contribution in [-0.4, -0.2) is 39.2 Å². The predicted octanol–water partition coefficient (Wildman–Crippen LogP) is 0.805. The van der Waals surface area contributed by atoms with E-state index in [0.29, 0.717) is 17.5 Å². The van der Waals surface area contributed by atoms with Crippen LogP contribution in [0.1, 0.15) is 12.8 Å². The average molecular weight is 272 g/mol. The summed E-state index contributed by atoms with van der Waals surface area (Å²) in [6.07, 6.45) is 3.39. The maximum absolute atomic E-state index is 12.1. The highest BCUT2D eigenvalue weighted by Gasteiger charge is 2.22. The summed E-state index contributed by atoms with van der Waals surface area (Å²) in [5.41, 5.74) is 0.697. The van der Waals surface area contributed by atoms with Gasteiger partial charge in [0.25, 0.3) is 0 Å². The molecule has 1 aliphatic rings. The number of rotatable bonds is 3. The van der Waals surface area contributed by atoms with Crippen molar-refractivity contribution in [2.45, 2.75) is 12.8 Å². The Hall–Kier alpha value is -2.28. The summed E-state index contributed by atoms with van der Waals surface area (Å²) < 4.78 is 0. The van der Waals surface area contributed by atoms with Gasteiger partial charge >= 0.3 is 0 Å². The third-order valence-corrected chi connectivity index (χ3v) is 3.34. The molecular weight excluding hydrogens is 256 g/mol. The Morgan fingerprint density at radius 1 is 1.30 bits per heavy atom. The fraction of sp³-hybridized carbons (Fsp3) is 0.385. The van der Waals surface area contributed by atoms with Crippen LogP contribution in [0.4, 0.5) is 5.95 Å². The lowest BCUT2D eigenvalue weighted by Gasteiger charge is -2.20. The van der Waals surface area contributed by atoms with Crippen molar-refractivity contribution in [3.05, 3.63) is 24.4 Å². The van der Waals surface area contributed by atoms with Crippen LogP contribution in [0.15, 0.2) is 24.4 Å². The van der Waals surface area contributed by atoms with Crippen LogP contribution < -0.4 is 10.6 Å². The zero-order valence-corrected chi connectivity index (χ0v) is 11.0. The maximum Gasteiger partial charge on any atom is 0.249 e. The van der Waals surface area contributed by atoms with Gasteiger partial charge < -0.3 is 5.32 Å². The average Bonchev–Trinajstić information content (AvgIpc) is 2.97. The molecule has 0 spiro atoms. The van der Waals surface area contributed by atoms with Crippen LogP contribution in [0.5, 0.6) is 0 Å². The summed E-state index contributed by atoms with van der Waals surface area (Å²) in [7, 11) is 0. The number of carbonyl (C=O) groups is 1. The van der Waals surface area contributed by atoms with Crippen molar-refractivity contribution in [1.82, 2.24) is 25.5 Å². The number of hydrogen-bond donors (Lipinski definition) is 3. The third-order valence-electron chi connectivity index (χ3n) is 3.34. The van der Waals surface area contributed by atoms with Gasteiger partial charge in [-0.25, -0.2) is 0 Å². The fourth-order valence-corrected chi connectivity index (χ4v) is 2.23. The molecule has 1 amide bonds. The van der Waals surface area contributed by atoms with E-state index in [4.69, 9.17) is 0 Å². The summed E-state index contributed by atoms with van der Waals surface area (Å²) >= 11 is 0. The summed E-state index contributed by atoms with van der Waals surface area (Å²) in [5, 5.41) is 12.8. The van der Waals surface area contributed by atoms with Crippen LogP contribution in [-0.2, 0) is 4.79 Å². The molecule has 7 nitrogen and oxygen atoms in total. The number of aromatic amines is 1. The van der Waals surface area contributed by atoms with E-state index in [-0.39, 0.29) is 11.8 Å². The zero-order valence-electron chi connectivity index (χ0n) is 11.0. The van der Waals surface area contributed by atoms with E-state index in [0.717, 1.165) is 25.9 Å². The molecule has 1 aliphatic heterocycles. The third kappa shape index (κ3) is 2.83. The summed E-state index contributed by atoms with van der Waals surface area (Å²) in [6, 6.07) is 5.54. The normalized spacial score (nSPS) is 16.0. The van der Waals surface area contributed by atoms with Crippen molar-refractivity contribution < 1.29 is 4.79 Å². The Balaban J connectivity index is 1.66. The van der Waals surface area contributed by atoms with Gasteiger partial charge in [0.2, 0.25) is 11.9 Å². The molecule has 7 heteroatoms. The second-order valence-electron chi connectivity index (χ2n) is 4.74. The van der Waals surface area contributed by atoms with Crippen LogP contribution in [0.2, 0.25) is 0 Å². The number of nitrogens with one attached hydrogen (secondary N) is 3. The molecule has 0 bridgehead atoms. The Kier molecular flexibility index (Phi) is 3.69. The molecule has 0 unspecified atom stereocenters. The molecule has 0 radical (unpaired) electrons. The molecular formula is C13H16N6O. The van der Waals surface area contributed by atoms with E-state index in [1.165, 1.54) is 0 Å². The SMILES string of the molecule is O=C(Nc1n[nH]c(-c2ccccn2)n1)C1CCNCC1. The van der Waals surface area contributed by atoms with E-state index in [1.807, 2.05) is 18.2 Å². The minimum atomic E-state index is -0.0157. The topological polar surface area (TPSA) is 95.6 Å². The number of piperidine rings is 1. The lowest BCUT2D eigenvalue weighted by Crippen LogP contribution is -2.34. The molecule has 3 heterocycles. The number of carbonyl (C=O) groups excluding carboxylic acids is 1. The highest BCUT2D eigenvalue weighted by atomic mass is 16.2. The first-order valence-electron chi connectivity index (χ1n) is 6.68. The second kappa shape index (κ2) is 5.79. The molecule has 1 fully saturated rings. The number of amides is 1. The lowest BCUT2D eigenvalue weighted by molar-refractivity contribution is -0.120. The first-order valence-corrected chi connectivity index (χ1v) is 6.68.